The maximum atomic E-state index is 13.4. The van der Waals surface area contributed by atoms with E-state index >= 15 is 0 Å². The first-order valence-electron chi connectivity index (χ1n) is 10.6. The average Bonchev–Trinajstić information content (AvgIpc) is 3.44. The molecule has 2 heterocycles. The molecule has 0 bridgehead atoms. The van der Waals surface area contributed by atoms with Crippen LogP contribution in [0.25, 0.3) is 10.9 Å². The Labute approximate surface area is 189 Å². The highest BCUT2D eigenvalue weighted by atomic mass is 35.5. The lowest BCUT2D eigenvalue weighted by molar-refractivity contribution is 0.0867. The maximum Gasteiger partial charge on any atom is 0.316 e. The predicted octanol–water partition coefficient (Wildman–Crippen LogP) is 4.66. The first-order chi connectivity index (χ1) is 15.4. The molecule has 2 aliphatic rings. The molecule has 164 valence electrons. The van der Waals surface area contributed by atoms with Crippen molar-refractivity contribution in [2.45, 2.75) is 30.7 Å². The van der Waals surface area contributed by atoms with Crippen molar-refractivity contribution in [3.8, 4) is 0 Å². The van der Waals surface area contributed by atoms with Crippen LogP contribution >= 0.6 is 11.6 Å². The molecule has 3 aromatic rings. The van der Waals surface area contributed by atoms with Gasteiger partial charge in [-0.25, -0.2) is 0 Å². The van der Waals surface area contributed by atoms with E-state index in [1.54, 1.807) is 24.3 Å². The first-order valence-corrected chi connectivity index (χ1v) is 11.0. The van der Waals surface area contributed by atoms with Crippen molar-refractivity contribution in [3.05, 3.63) is 74.8 Å². The minimum absolute atomic E-state index is 0.207. The van der Waals surface area contributed by atoms with Crippen LogP contribution in [0.2, 0.25) is 5.02 Å². The van der Waals surface area contributed by atoms with Crippen LogP contribution in [0.1, 0.15) is 57.2 Å². The van der Waals surface area contributed by atoms with E-state index in [0.29, 0.717) is 31.2 Å². The summed E-state index contributed by atoms with van der Waals surface area (Å²) < 4.78 is 7.49. The van der Waals surface area contributed by atoms with E-state index < -0.39 is 11.4 Å². The number of benzene rings is 2. The van der Waals surface area contributed by atoms with Gasteiger partial charge >= 0.3 is 5.91 Å². The predicted molar refractivity (Wildman–Crippen MR) is 121 cm³/mol. The molecule has 2 fully saturated rings. The van der Waals surface area contributed by atoms with Crippen molar-refractivity contribution in [3.63, 3.8) is 0 Å². The molecule has 1 N–H and O–H groups in total. The van der Waals surface area contributed by atoms with Crippen molar-refractivity contribution in [2.24, 2.45) is 12.2 Å². The molecule has 8 heteroatoms. The Balaban J connectivity index is 1.47. The Morgan fingerprint density at radius 3 is 2.56 bits per heavy atom. The average molecular weight is 452 g/mol. The summed E-state index contributed by atoms with van der Waals surface area (Å²) in [7, 11) is 1.86. The van der Waals surface area contributed by atoms with E-state index in [9.17, 15) is 14.5 Å². The van der Waals surface area contributed by atoms with Crippen LogP contribution in [0.15, 0.2) is 47.6 Å². The molecule has 2 amide bonds. The number of halogens is 1. The van der Waals surface area contributed by atoms with Crippen LogP contribution < -0.4 is 5.32 Å². The van der Waals surface area contributed by atoms with Gasteiger partial charge in [0.15, 0.2) is 0 Å². The SMILES string of the molecule is Cn1c(C(=O)NC2(c3ccc(C(=O)N=O)cc3)CCOC2)cc2c(Cl)c(C3CC3)ccc21. The van der Waals surface area contributed by atoms with E-state index in [4.69, 9.17) is 16.3 Å². The lowest BCUT2D eigenvalue weighted by Crippen LogP contribution is -2.47. The van der Waals surface area contributed by atoms with Gasteiger partial charge in [-0.3, -0.25) is 9.59 Å². The highest BCUT2D eigenvalue weighted by Crippen LogP contribution is 2.45. The third-order valence-electron chi connectivity index (χ3n) is 6.58. The zero-order valence-corrected chi connectivity index (χ0v) is 18.3. The molecule has 32 heavy (non-hydrogen) atoms. The Bertz CT molecular complexity index is 1240. The molecule has 0 spiro atoms. The van der Waals surface area contributed by atoms with Gasteiger partial charge in [-0.15, -0.1) is 4.91 Å². The Morgan fingerprint density at radius 2 is 1.94 bits per heavy atom. The summed E-state index contributed by atoms with van der Waals surface area (Å²) >= 11 is 6.69. The summed E-state index contributed by atoms with van der Waals surface area (Å²) in [6.45, 7) is 0.817. The number of rotatable bonds is 5. The van der Waals surface area contributed by atoms with Crippen molar-refractivity contribution < 1.29 is 14.3 Å². The highest BCUT2D eigenvalue weighted by Gasteiger charge is 2.39. The number of hydrogen-bond donors (Lipinski definition) is 1. The van der Waals surface area contributed by atoms with Crippen LogP contribution in [-0.2, 0) is 17.3 Å². The molecular formula is C24H22ClN3O4. The third kappa shape index (κ3) is 3.42. The van der Waals surface area contributed by atoms with Crippen molar-refractivity contribution in [1.82, 2.24) is 9.88 Å². The van der Waals surface area contributed by atoms with Crippen molar-refractivity contribution >= 4 is 34.3 Å². The van der Waals surface area contributed by atoms with Crippen LogP contribution in [-0.4, -0.2) is 29.6 Å². The molecule has 1 aliphatic heterocycles. The standard InChI is InChI=1S/C24H22ClN3O4/c1-28-19-9-8-17(14-2-3-14)21(25)18(19)12-20(28)23(30)26-24(10-11-32-13-24)16-6-4-15(5-7-16)22(29)27-31/h4-9,12,14H,2-3,10-11,13H2,1H3,(H,26,30). The van der Waals surface area contributed by atoms with Gasteiger partial charge in [0.1, 0.15) is 5.69 Å². The second kappa shape index (κ2) is 7.83. The molecule has 1 saturated carbocycles. The minimum Gasteiger partial charge on any atom is -0.379 e. The Hall–Kier alpha value is -3.03. The summed E-state index contributed by atoms with van der Waals surface area (Å²) in [5.41, 5.74) is 2.85. The second-order valence-corrected chi connectivity index (χ2v) is 8.96. The van der Waals surface area contributed by atoms with Crippen LogP contribution in [0.5, 0.6) is 0 Å². The van der Waals surface area contributed by atoms with Crippen LogP contribution in [0.4, 0.5) is 0 Å². The molecule has 1 aliphatic carbocycles. The van der Waals surface area contributed by atoms with Crippen molar-refractivity contribution in [1.29, 1.82) is 0 Å². The number of carbonyl (C=O) groups excluding carboxylic acids is 2. The molecular weight excluding hydrogens is 430 g/mol. The number of aromatic nitrogens is 1. The number of amides is 2. The normalized spacial score (nSPS) is 20.4. The minimum atomic E-state index is -0.824. The second-order valence-electron chi connectivity index (χ2n) is 8.58. The summed E-state index contributed by atoms with van der Waals surface area (Å²) in [6, 6.07) is 12.5. The van der Waals surface area contributed by atoms with Gasteiger partial charge in [0.05, 0.1) is 17.2 Å². The lowest BCUT2D eigenvalue weighted by atomic mass is 9.88. The van der Waals surface area contributed by atoms with Crippen LogP contribution in [0.3, 0.4) is 0 Å². The Morgan fingerprint density at radius 1 is 1.19 bits per heavy atom. The number of nitrogens with one attached hydrogen (secondary N) is 1. The number of carbonyl (C=O) groups is 2. The van der Waals surface area contributed by atoms with Crippen LogP contribution in [0, 0.1) is 4.91 Å². The molecule has 1 unspecified atom stereocenters. The fraction of sp³-hybridized carbons (Fsp3) is 0.333. The molecule has 0 radical (unpaired) electrons. The van der Waals surface area contributed by atoms with Gasteiger partial charge < -0.3 is 14.6 Å². The summed E-state index contributed by atoms with van der Waals surface area (Å²) in [5, 5.41) is 7.22. The largest absolute Gasteiger partial charge is 0.379 e. The monoisotopic (exact) mass is 451 g/mol. The van der Waals surface area contributed by atoms with Gasteiger partial charge in [0.2, 0.25) is 0 Å². The van der Waals surface area contributed by atoms with E-state index in [1.165, 1.54) is 0 Å². The summed E-state index contributed by atoms with van der Waals surface area (Å²) in [5.74, 6) is -0.532. The molecule has 2 aromatic carbocycles. The number of aryl methyl sites for hydroxylation is 1. The zero-order chi connectivity index (χ0) is 22.5. The van der Waals surface area contributed by atoms with Gasteiger partial charge in [0.25, 0.3) is 5.91 Å². The molecule has 1 atom stereocenters. The molecule has 7 nitrogen and oxygen atoms in total. The quantitative estimate of drug-likeness (QED) is 0.571. The number of hydrogen-bond acceptors (Lipinski definition) is 4. The fourth-order valence-corrected chi connectivity index (χ4v) is 4.92. The van der Waals surface area contributed by atoms with E-state index in [2.05, 4.69) is 16.6 Å². The maximum absolute atomic E-state index is 13.4. The number of nitroso groups, excluding NO2 is 1. The fourth-order valence-electron chi connectivity index (χ4n) is 4.55. The van der Waals surface area contributed by atoms with E-state index in [0.717, 1.165) is 39.9 Å². The topological polar surface area (TPSA) is 89.8 Å². The third-order valence-corrected chi connectivity index (χ3v) is 7.00. The number of ether oxygens (including phenoxy) is 1. The summed E-state index contributed by atoms with van der Waals surface area (Å²) in [4.78, 5) is 35.4. The van der Waals surface area contributed by atoms with E-state index in [1.807, 2.05) is 23.7 Å². The smallest absolute Gasteiger partial charge is 0.316 e. The molecule has 1 saturated heterocycles. The number of nitrogens with zero attached hydrogens (tertiary/aromatic N) is 2. The van der Waals surface area contributed by atoms with Gasteiger partial charge in [-0.2, -0.15) is 0 Å². The first kappa shape index (κ1) is 20.8. The molecule has 1 aromatic heterocycles. The molecule has 5 rings (SSSR count). The lowest BCUT2D eigenvalue weighted by Gasteiger charge is -2.29. The highest BCUT2D eigenvalue weighted by molar-refractivity contribution is 6.36. The van der Waals surface area contributed by atoms with Gasteiger partial charge in [-0.05, 0) is 54.2 Å². The zero-order valence-electron chi connectivity index (χ0n) is 17.6. The van der Waals surface area contributed by atoms with Crippen molar-refractivity contribution in [2.75, 3.05) is 13.2 Å². The number of fused-ring (bicyclic) bond motifs is 1. The van der Waals surface area contributed by atoms with E-state index in [-0.39, 0.29) is 11.5 Å². The summed E-state index contributed by atoms with van der Waals surface area (Å²) in [6.07, 6.45) is 2.90. The Kier molecular flexibility index (Phi) is 5.10. The van der Waals surface area contributed by atoms with Gasteiger partial charge in [0, 0.05) is 41.7 Å². The van der Waals surface area contributed by atoms with Gasteiger partial charge in [-0.1, -0.05) is 29.8 Å².